The van der Waals surface area contributed by atoms with Crippen LogP contribution in [-0.2, 0) is 16.4 Å². The van der Waals surface area contributed by atoms with Gasteiger partial charge in [0, 0.05) is 12.6 Å². The van der Waals surface area contributed by atoms with Crippen molar-refractivity contribution in [1.29, 1.82) is 0 Å². The SMILES string of the molecule is Cc1ccc2oc(C(=O)NCCc3ccc(S(N)(=O)=O)cc3)cc(=O)c2c1. The Morgan fingerprint density at radius 1 is 1.11 bits per heavy atom. The Labute approximate surface area is 155 Å². The van der Waals surface area contributed by atoms with E-state index in [9.17, 15) is 18.0 Å². The standard InChI is InChI=1S/C19H18N2O5S/c1-12-2-7-17-15(10-12)16(22)11-18(26-17)19(23)21-9-8-13-3-5-14(6-4-13)27(20,24)25/h2-7,10-11H,8-9H2,1H3,(H,21,23)(H2,20,24,25). The number of carbonyl (C=O) groups excluding carboxylic acids is 1. The number of amides is 1. The van der Waals surface area contributed by atoms with Crippen LogP contribution in [0.15, 0.2) is 62.6 Å². The van der Waals surface area contributed by atoms with Crippen LogP contribution in [0.3, 0.4) is 0 Å². The molecule has 27 heavy (non-hydrogen) atoms. The van der Waals surface area contributed by atoms with E-state index in [-0.39, 0.29) is 16.1 Å². The maximum Gasteiger partial charge on any atom is 0.287 e. The zero-order valence-electron chi connectivity index (χ0n) is 14.6. The number of hydrogen-bond donors (Lipinski definition) is 2. The molecular weight excluding hydrogens is 368 g/mol. The van der Waals surface area contributed by atoms with Crippen molar-refractivity contribution < 1.29 is 17.6 Å². The van der Waals surface area contributed by atoms with Gasteiger partial charge in [0.1, 0.15) is 5.58 Å². The van der Waals surface area contributed by atoms with Crippen LogP contribution in [0.2, 0.25) is 0 Å². The van der Waals surface area contributed by atoms with Crippen molar-refractivity contribution in [2.24, 2.45) is 5.14 Å². The highest BCUT2D eigenvalue weighted by atomic mass is 32.2. The third-order valence-corrected chi connectivity index (χ3v) is 4.99. The van der Waals surface area contributed by atoms with Crippen LogP contribution < -0.4 is 15.9 Å². The second-order valence-corrected chi connectivity index (χ2v) is 7.73. The second-order valence-electron chi connectivity index (χ2n) is 6.17. The molecule has 0 aliphatic rings. The zero-order valence-corrected chi connectivity index (χ0v) is 15.4. The van der Waals surface area contributed by atoms with E-state index in [1.807, 2.05) is 6.92 Å². The highest BCUT2D eigenvalue weighted by molar-refractivity contribution is 7.89. The van der Waals surface area contributed by atoms with E-state index in [0.717, 1.165) is 11.1 Å². The summed E-state index contributed by atoms with van der Waals surface area (Å²) in [6, 6.07) is 12.4. The summed E-state index contributed by atoms with van der Waals surface area (Å²) in [6.07, 6.45) is 0.480. The molecule has 7 nitrogen and oxygen atoms in total. The minimum absolute atomic E-state index is 0.0310. The number of hydrogen-bond acceptors (Lipinski definition) is 5. The predicted molar refractivity (Wildman–Crippen MR) is 101 cm³/mol. The summed E-state index contributed by atoms with van der Waals surface area (Å²) in [7, 11) is -3.73. The molecule has 1 aromatic heterocycles. The van der Waals surface area contributed by atoms with Crippen LogP contribution in [0.1, 0.15) is 21.7 Å². The Kier molecular flexibility index (Phi) is 5.11. The fourth-order valence-electron chi connectivity index (χ4n) is 2.64. The summed E-state index contributed by atoms with van der Waals surface area (Å²) in [5.74, 6) is -0.545. The quantitative estimate of drug-likeness (QED) is 0.692. The molecule has 3 rings (SSSR count). The molecular formula is C19H18N2O5S. The van der Waals surface area contributed by atoms with E-state index in [4.69, 9.17) is 9.56 Å². The molecule has 0 fully saturated rings. The summed E-state index contributed by atoms with van der Waals surface area (Å²) in [5, 5.41) is 8.16. The Morgan fingerprint density at radius 2 is 1.81 bits per heavy atom. The van der Waals surface area contributed by atoms with Crippen LogP contribution in [0.25, 0.3) is 11.0 Å². The molecule has 3 aromatic rings. The fourth-order valence-corrected chi connectivity index (χ4v) is 3.15. The van der Waals surface area contributed by atoms with Crippen LogP contribution in [0.5, 0.6) is 0 Å². The van der Waals surface area contributed by atoms with Crippen molar-refractivity contribution in [2.75, 3.05) is 6.54 Å². The number of primary sulfonamides is 1. The molecule has 0 aliphatic carbocycles. The first-order valence-corrected chi connectivity index (χ1v) is 9.73. The van der Waals surface area contributed by atoms with Crippen LogP contribution >= 0.6 is 0 Å². The van der Waals surface area contributed by atoms with Crippen molar-refractivity contribution >= 4 is 26.9 Å². The van der Waals surface area contributed by atoms with E-state index < -0.39 is 15.9 Å². The highest BCUT2D eigenvalue weighted by Gasteiger charge is 2.12. The molecule has 1 amide bonds. The van der Waals surface area contributed by atoms with Crippen molar-refractivity contribution in [2.45, 2.75) is 18.2 Å². The lowest BCUT2D eigenvalue weighted by molar-refractivity contribution is 0.0927. The van der Waals surface area contributed by atoms with E-state index in [2.05, 4.69) is 5.32 Å². The average molecular weight is 386 g/mol. The summed E-state index contributed by atoms with van der Waals surface area (Å²) in [4.78, 5) is 24.4. The maximum absolute atomic E-state index is 12.2. The normalized spacial score (nSPS) is 11.5. The van der Waals surface area contributed by atoms with E-state index in [1.165, 1.54) is 18.2 Å². The van der Waals surface area contributed by atoms with Crippen molar-refractivity contribution in [3.05, 3.63) is 75.6 Å². The van der Waals surface area contributed by atoms with Gasteiger partial charge in [-0.3, -0.25) is 9.59 Å². The molecule has 0 saturated carbocycles. The molecule has 0 unspecified atom stereocenters. The van der Waals surface area contributed by atoms with Gasteiger partial charge in [-0.05, 0) is 43.2 Å². The van der Waals surface area contributed by atoms with Gasteiger partial charge in [-0.15, -0.1) is 0 Å². The lowest BCUT2D eigenvalue weighted by Crippen LogP contribution is -2.26. The monoisotopic (exact) mass is 386 g/mol. The van der Waals surface area contributed by atoms with Crippen LogP contribution in [0.4, 0.5) is 0 Å². The highest BCUT2D eigenvalue weighted by Crippen LogP contribution is 2.14. The van der Waals surface area contributed by atoms with Crippen LogP contribution in [0, 0.1) is 6.92 Å². The molecule has 140 valence electrons. The number of sulfonamides is 1. The first-order chi connectivity index (χ1) is 12.7. The van der Waals surface area contributed by atoms with Gasteiger partial charge in [-0.2, -0.15) is 0 Å². The van der Waals surface area contributed by atoms with Gasteiger partial charge < -0.3 is 9.73 Å². The fraction of sp³-hybridized carbons (Fsp3) is 0.158. The number of rotatable bonds is 5. The lowest BCUT2D eigenvalue weighted by atomic mass is 10.1. The summed E-state index contributed by atoms with van der Waals surface area (Å²) in [6.45, 7) is 2.16. The molecule has 1 heterocycles. The minimum Gasteiger partial charge on any atom is -0.451 e. The molecule has 0 atom stereocenters. The van der Waals surface area contributed by atoms with Crippen molar-refractivity contribution in [1.82, 2.24) is 5.32 Å². The number of carbonyl (C=O) groups is 1. The van der Waals surface area contributed by atoms with Gasteiger partial charge in [-0.1, -0.05) is 23.8 Å². The molecule has 0 saturated heterocycles. The van der Waals surface area contributed by atoms with Gasteiger partial charge >= 0.3 is 0 Å². The van der Waals surface area contributed by atoms with E-state index in [1.54, 1.807) is 30.3 Å². The van der Waals surface area contributed by atoms with Crippen molar-refractivity contribution in [3.63, 3.8) is 0 Å². The van der Waals surface area contributed by atoms with Gasteiger partial charge in [0.2, 0.25) is 10.0 Å². The second kappa shape index (κ2) is 7.34. The number of fused-ring (bicyclic) bond motifs is 1. The van der Waals surface area contributed by atoms with Crippen molar-refractivity contribution in [3.8, 4) is 0 Å². The molecule has 0 spiro atoms. The number of nitrogens with two attached hydrogens (primary N) is 1. The largest absolute Gasteiger partial charge is 0.451 e. The average Bonchev–Trinajstić information content (AvgIpc) is 2.61. The van der Waals surface area contributed by atoms with Gasteiger partial charge in [0.15, 0.2) is 11.2 Å². The topological polar surface area (TPSA) is 119 Å². The smallest absolute Gasteiger partial charge is 0.287 e. The van der Waals surface area contributed by atoms with Crippen LogP contribution in [-0.4, -0.2) is 20.9 Å². The number of aryl methyl sites for hydroxylation is 1. The lowest BCUT2D eigenvalue weighted by Gasteiger charge is -2.06. The Hall–Kier alpha value is -2.97. The third-order valence-electron chi connectivity index (χ3n) is 4.06. The Balaban J connectivity index is 1.67. The first-order valence-electron chi connectivity index (χ1n) is 8.18. The van der Waals surface area contributed by atoms with E-state index >= 15 is 0 Å². The zero-order chi connectivity index (χ0) is 19.6. The molecule has 0 aliphatic heterocycles. The number of nitrogens with one attached hydrogen (secondary N) is 1. The Bertz CT molecular complexity index is 1160. The Morgan fingerprint density at radius 3 is 2.48 bits per heavy atom. The summed E-state index contributed by atoms with van der Waals surface area (Å²) < 4.78 is 28.0. The third kappa shape index (κ3) is 4.42. The summed E-state index contributed by atoms with van der Waals surface area (Å²) in [5.41, 5.74) is 1.85. The minimum atomic E-state index is -3.73. The molecule has 2 aromatic carbocycles. The molecule has 0 bridgehead atoms. The number of benzene rings is 2. The predicted octanol–water partition coefficient (Wildman–Crippen LogP) is 1.72. The molecule has 3 N–H and O–H groups in total. The first kappa shape index (κ1) is 18.8. The summed E-state index contributed by atoms with van der Waals surface area (Å²) >= 11 is 0. The molecule has 8 heteroatoms. The van der Waals surface area contributed by atoms with Gasteiger partial charge in [0.05, 0.1) is 10.3 Å². The molecule has 0 radical (unpaired) electrons. The van der Waals surface area contributed by atoms with Gasteiger partial charge in [0.25, 0.3) is 5.91 Å². The van der Waals surface area contributed by atoms with Gasteiger partial charge in [-0.25, -0.2) is 13.6 Å². The maximum atomic E-state index is 12.2. The van der Waals surface area contributed by atoms with E-state index in [0.29, 0.717) is 23.9 Å².